The first kappa shape index (κ1) is 23.5. The van der Waals surface area contributed by atoms with Crippen molar-refractivity contribution in [3.05, 3.63) is 59.2 Å². The first-order valence-electron chi connectivity index (χ1n) is 10.8. The van der Waals surface area contributed by atoms with Crippen molar-refractivity contribution in [1.29, 1.82) is 0 Å². The molecular weight excluding hydrogens is 456 g/mol. The molecule has 3 aromatic rings. The molecule has 9 nitrogen and oxygen atoms in total. The van der Waals surface area contributed by atoms with E-state index < -0.39 is 6.03 Å². The molecule has 34 heavy (non-hydrogen) atoms. The van der Waals surface area contributed by atoms with Gasteiger partial charge in [-0.3, -0.25) is 4.79 Å². The van der Waals surface area contributed by atoms with Crippen molar-refractivity contribution in [1.82, 2.24) is 9.97 Å². The summed E-state index contributed by atoms with van der Waals surface area (Å²) < 4.78 is 5.44. The number of nitrogens with zero attached hydrogens (tertiary/aromatic N) is 3. The van der Waals surface area contributed by atoms with Gasteiger partial charge in [0.2, 0.25) is 5.91 Å². The molecule has 1 saturated heterocycles. The zero-order chi connectivity index (χ0) is 24.1. The van der Waals surface area contributed by atoms with E-state index in [2.05, 4.69) is 25.8 Å². The number of carbonyl (C=O) groups excluding carboxylic acids is 2. The molecule has 0 atom stereocenters. The maximum atomic E-state index is 12.4. The van der Waals surface area contributed by atoms with Gasteiger partial charge in [0.15, 0.2) is 5.82 Å². The minimum absolute atomic E-state index is 0.183. The Bertz CT molecular complexity index is 1200. The Hall–Kier alpha value is -3.69. The van der Waals surface area contributed by atoms with Crippen LogP contribution in [0.3, 0.4) is 0 Å². The van der Waals surface area contributed by atoms with Crippen LogP contribution in [0.2, 0.25) is 5.15 Å². The highest BCUT2D eigenvalue weighted by atomic mass is 35.5. The fourth-order valence-electron chi connectivity index (χ4n) is 3.56. The van der Waals surface area contributed by atoms with Crippen LogP contribution in [0, 0.1) is 6.92 Å². The topological polar surface area (TPSA) is 108 Å². The smallest absolute Gasteiger partial charge is 0.323 e. The molecule has 1 aromatic heterocycles. The monoisotopic (exact) mass is 480 g/mol. The van der Waals surface area contributed by atoms with Crippen molar-refractivity contribution < 1.29 is 14.3 Å². The van der Waals surface area contributed by atoms with Crippen LogP contribution < -0.4 is 20.9 Å². The molecule has 3 N–H and O–H groups in total. The molecule has 0 spiro atoms. The number of halogens is 1. The van der Waals surface area contributed by atoms with Crippen molar-refractivity contribution in [2.75, 3.05) is 47.2 Å². The number of aromatic nitrogens is 2. The van der Waals surface area contributed by atoms with Gasteiger partial charge in [0.25, 0.3) is 0 Å². The lowest BCUT2D eigenvalue weighted by Gasteiger charge is -2.29. The molecular formula is C24H25ClN6O3. The largest absolute Gasteiger partial charge is 0.378 e. The fourth-order valence-corrected chi connectivity index (χ4v) is 3.73. The average Bonchev–Trinajstić information content (AvgIpc) is 2.81. The number of morpholine rings is 1. The summed E-state index contributed by atoms with van der Waals surface area (Å²) in [6, 6.07) is 13.7. The first-order valence-corrected chi connectivity index (χ1v) is 11.2. The van der Waals surface area contributed by atoms with Gasteiger partial charge in [-0.15, -0.1) is 0 Å². The van der Waals surface area contributed by atoms with E-state index in [1.54, 1.807) is 36.4 Å². The van der Waals surface area contributed by atoms with Crippen LogP contribution in [0.5, 0.6) is 0 Å². The Labute approximate surface area is 202 Å². The van der Waals surface area contributed by atoms with E-state index in [0.717, 1.165) is 30.0 Å². The highest BCUT2D eigenvalue weighted by molar-refractivity contribution is 6.30. The van der Waals surface area contributed by atoms with E-state index in [1.807, 2.05) is 19.1 Å². The molecule has 0 saturated carbocycles. The van der Waals surface area contributed by atoms with Crippen LogP contribution in [0.25, 0.3) is 11.4 Å². The molecule has 10 heteroatoms. The summed E-state index contributed by atoms with van der Waals surface area (Å²) in [6.07, 6.45) is 0. The van der Waals surface area contributed by atoms with Crippen LogP contribution in [-0.2, 0) is 9.53 Å². The van der Waals surface area contributed by atoms with E-state index in [1.165, 1.54) is 6.92 Å². The molecule has 0 radical (unpaired) electrons. The number of hydrogen-bond acceptors (Lipinski definition) is 6. The number of urea groups is 1. The highest BCUT2D eigenvalue weighted by Gasteiger charge is 2.19. The Morgan fingerprint density at radius 1 is 0.941 bits per heavy atom. The Morgan fingerprint density at radius 3 is 2.26 bits per heavy atom. The van der Waals surface area contributed by atoms with Gasteiger partial charge in [-0.25, -0.2) is 14.8 Å². The molecule has 1 fully saturated rings. The molecule has 0 aliphatic carbocycles. The number of hydrogen-bond donors (Lipinski definition) is 3. The van der Waals surface area contributed by atoms with Crippen molar-refractivity contribution in [2.45, 2.75) is 13.8 Å². The summed E-state index contributed by atoms with van der Waals surface area (Å²) in [6.45, 7) is 6.13. The first-order chi connectivity index (χ1) is 16.4. The van der Waals surface area contributed by atoms with Gasteiger partial charge in [0, 0.05) is 48.2 Å². The van der Waals surface area contributed by atoms with Crippen LogP contribution in [0.4, 0.5) is 27.7 Å². The van der Waals surface area contributed by atoms with Crippen LogP contribution >= 0.6 is 11.6 Å². The molecule has 2 heterocycles. The maximum Gasteiger partial charge on any atom is 0.323 e. The quantitative estimate of drug-likeness (QED) is 0.462. The lowest BCUT2D eigenvalue weighted by atomic mass is 10.2. The number of carbonyl (C=O) groups is 2. The Balaban J connectivity index is 1.45. The van der Waals surface area contributed by atoms with Crippen molar-refractivity contribution >= 4 is 46.4 Å². The second-order valence-electron chi connectivity index (χ2n) is 7.80. The van der Waals surface area contributed by atoms with Crippen LogP contribution in [-0.4, -0.2) is 48.2 Å². The van der Waals surface area contributed by atoms with Gasteiger partial charge in [-0.1, -0.05) is 17.7 Å². The van der Waals surface area contributed by atoms with Gasteiger partial charge in [-0.2, -0.15) is 0 Å². The van der Waals surface area contributed by atoms with Gasteiger partial charge in [-0.05, 0) is 49.4 Å². The summed E-state index contributed by atoms with van der Waals surface area (Å²) in [4.78, 5) is 35.0. The highest BCUT2D eigenvalue weighted by Crippen LogP contribution is 2.28. The summed E-state index contributed by atoms with van der Waals surface area (Å²) in [7, 11) is 0. The van der Waals surface area contributed by atoms with E-state index in [0.29, 0.717) is 41.3 Å². The van der Waals surface area contributed by atoms with Crippen molar-refractivity contribution in [3.63, 3.8) is 0 Å². The van der Waals surface area contributed by atoms with E-state index in [-0.39, 0.29) is 5.91 Å². The van der Waals surface area contributed by atoms with E-state index >= 15 is 0 Å². The summed E-state index contributed by atoms with van der Waals surface area (Å²) in [5, 5.41) is 8.63. The number of nitrogens with one attached hydrogen (secondary N) is 3. The number of rotatable bonds is 5. The van der Waals surface area contributed by atoms with E-state index in [4.69, 9.17) is 21.3 Å². The zero-order valence-electron chi connectivity index (χ0n) is 18.9. The van der Waals surface area contributed by atoms with Crippen LogP contribution in [0.15, 0.2) is 48.5 Å². The van der Waals surface area contributed by atoms with Gasteiger partial charge < -0.3 is 25.6 Å². The van der Waals surface area contributed by atoms with Gasteiger partial charge in [0.1, 0.15) is 11.0 Å². The molecule has 176 valence electrons. The third-order valence-electron chi connectivity index (χ3n) is 5.21. The summed E-state index contributed by atoms with van der Waals surface area (Å²) >= 11 is 6.41. The second-order valence-corrected chi connectivity index (χ2v) is 8.16. The van der Waals surface area contributed by atoms with Gasteiger partial charge in [0.05, 0.1) is 13.2 Å². The minimum atomic E-state index is -0.406. The molecule has 3 amide bonds. The number of anilines is 4. The molecule has 1 aliphatic rings. The van der Waals surface area contributed by atoms with Crippen LogP contribution in [0.1, 0.15) is 12.5 Å². The van der Waals surface area contributed by atoms with E-state index in [9.17, 15) is 9.59 Å². The predicted octanol–water partition coefficient (Wildman–Crippen LogP) is 4.54. The third kappa shape index (κ3) is 5.81. The fraction of sp³-hybridized carbons (Fsp3) is 0.250. The predicted molar refractivity (Wildman–Crippen MR) is 134 cm³/mol. The second kappa shape index (κ2) is 10.5. The SMILES string of the molecule is CC(=O)Nc1cccc(NC(=O)Nc2ccc(-c3nc(Cl)c(C)c(N4CCOCC4)n3)cc2)c1. The zero-order valence-corrected chi connectivity index (χ0v) is 19.6. The Kier molecular flexibility index (Phi) is 7.24. The third-order valence-corrected chi connectivity index (χ3v) is 5.58. The molecule has 4 rings (SSSR count). The van der Waals surface area contributed by atoms with Gasteiger partial charge >= 0.3 is 6.03 Å². The molecule has 2 aromatic carbocycles. The minimum Gasteiger partial charge on any atom is -0.378 e. The average molecular weight is 481 g/mol. The van der Waals surface area contributed by atoms with Crippen molar-refractivity contribution in [3.8, 4) is 11.4 Å². The maximum absolute atomic E-state index is 12.4. The summed E-state index contributed by atoms with van der Waals surface area (Å²) in [5.41, 5.74) is 3.38. The number of amides is 3. The molecule has 1 aliphatic heterocycles. The summed E-state index contributed by atoms with van der Waals surface area (Å²) in [5.74, 6) is 1.14. The standard InChI is InChI=1S/C24H25ClN6O3/c1-15-21(25)29-22(30-23(15)31-10-12-34-13-11-31)17-6-8-18(9-7-17)27-24(33)28-20-5-3-4-19(14-20)26-16(2)32/h3-9,14H,10-13H2,1-2H3,(H,26,32)(H2,27,28,33). The molecule has 0 bridgehead atoms. The lowest BCUT2D eigenvalue weighted by molar-refractivity contribution is -0.114. The normalized spacial score (nSPS) is 13.3. The van der Waals surface area contributed by atoms with Crippen molar-refractivity contribution in [2.24, 2.45) is 0 Å². The number of benzene rings is 2. The lowest BCUT2D eigenvalue weighted by Crippen LogP contribution is -2.37. The number of ether oxygens (including phenoxy) is 1. The Morgan fingerprint density at radius 2 is 1.59 bits per heavy atom. The molecule has 0 unspecified atom stereocenters.